The lowest BCUT2D eigenvalue weighted by Gasteiger charge is -2.16. The van der Waals surface area contributed by atoms with Crippen LogP contribution in [0, 0.1) is 6.92 Å². The summed E-state index contributed by atoms with van der Waals surface area (Å²) in [7, 11) is 0. The third-order valence-electron chi connectivity index (χ3n) is 3.90. The van der Waals surface area contributed by atoms with E-state index in [0.29, 0.717) is 33.0 Å². The predicted octanol–water partition coefficient (Wildman–Crippen LogP) is 4.48. The van der Waals surface area contributed by atoms with Crippen molar-refractivity contribution in [3.63, 3.8) is 0 Å². The van der Waals surface area contributed by atoms with Gasteiger partial charge in [-0.15, -0.1) is 0 Å². The van der Waals surface area contributed by atoms with Gasteiger partial charge >= 0.3 is 11.9 Å². The maximum absolute atomic E-state index is 11.8. The molecule has 0 saturated heterocycles. The number of hydrogen-bond acceptors (Lipinski definition) is 4. The van der Waals surface area contributed by atoms with E-state index in [1.807, 2.05) is 49.4 Å². The van der Waals surface area contributed by atoms with Gasteiger partial charge in [-0.25, -0.2) is 9.59 Å². The highest BCUT2D eigenvalue weighted by atomic mass is 16.5. The average Bonchev–Trinajstić information content (AvgIpc) is 2.63. The quantitative estimate of drug-likeness (QED) is 0.306. The van der Waals surface area contributed by atoms with Crippen molar-refractivity contribution in [2.24, 2.45) is 0 Å². The number of rotatable bonds is 4. The van der Waals surface area contributed by atoms with Crippen molar-refractivity contribution in [3.05, 3.63) is 73.3 Å². The summed E-state index contributed by atoms with van der Waals surface area (Å²) in [5.41, 5.74) is 0.894. The second-order valence-electron chi connectivity index (χ2n) is 5.45. The first-order valence-electron chi connectivity index (χ1n) is 7.69. The fourth-order valence-electron chi connectivity index (χ4n) is 2.82. The molecule has 0 spiro atoms. The van der Waals surface area contributed by atoms with Crippen molar-refractivity contribution < 1.29 is 19.1 Å². The van der Waals surface area contributed by atoms with Gasteiger partial charge in [0, 0.05) is 33.7 Å². The van der Waals surface area contributed by atoms with Crippen LogP contribution in [-0.4, -0.2) is 11.9 Å². The normalized spacial score (nSPS) is 10.4. The minimum absolute atomic E-state index is 0.414. The monoisotopic (exact) mass is 332 g/mol. The first kappa shape index (κ1) is 16.5. The Morgan fingerprint density at radius 1 is 0.800 bits per heavy atom. The van der Waals surface area contributed by atoms with Crippen molar-refractivity contribution >= 4 is 33.5 Å². The Hall–Kier alpha value is -3.40. The Kier molecular flexibility index (Phi) is 4.35. The number of hydrogen-bond donors (Lipinski definition) is 0. The lowest BCUT2D eigenvalue weighted by molar-refractivity contribution is -0.129. The van der Waals surface area contributed by atoms with E-state index in [0.717, 1.165) is 17.7 Å². The summed E-state index contributed by atoms with van der Waals surface area (Å²) in [5.74, 6) is -0.265. The first-order chi connectivity index (χ1) is 12.1. The molecule has 0 N–H and O–H groups in total. The molecule has 0 bridgehead atoms. The third-order valence-corrected chi connectivity index (χ3v) is 3.90. The third kappa shape index (κ3) is 2.90. The summed E-state index contributed by atoms with van der Waals surface area (Å²) >= 11 is 0. The van der Waals surface area contributed by atoms with Gasteiger partial charge in [-0.05, 0) is 12.5 Å². The molecule has 0 heterocycles. The maximum atomic E-state index is 11.8. The molecule has 0 aliphatic carbocycles. The highest BCUT2D eigenvalue weighted by molar-refractivity contribution is 6.14. The molecule has 0 radical (unpaired) electrons. The second-order valence-corrected chi connectivity index (χ2v) is 5.45. The Labute approximate surface area is 145 Å². The van der Waals surface area contributed by atoms with Crippen LogP contribution in [0.1, 0.15) is 5.56 Å². The fraction of sp³-hybridized carbons (Fsp3) is 0.0476. The van der Waals surface area contributed by atoms with Crippen molar-refractivity contribution in [2.75, 3.05) is 0 Å². The van der Waals surface area contributed by atoms with Gasteiger partial charge < -0.3 is 9.47 Å². The standard InChI is InChI=1S/C21H16O4/c1-4-17(22)24-20-14-10-6-7-11-15(14)21(25-18(23)5-2)19-13(3)9-8-12-16(19)20/h4-12H,1-2H2,3H3. The van der Waals surface area contributed by atoms with Crippen molar-refractivity contribution in [2.45, 2.75) is 6.92 Å². The lowest BCUT2D eigenvalue weighted by atomic mass is 9.97. The van der Waals surface area contributed by atoms with Crippen LogP contribution < -0.4 is 9.47 Å². The van der Waals surface area contributed by atoms with E-state index in [-0.39, 0.29) is 0 Å². The minimum atomic E-state index is -0.552. The van der Waals surface area contributed by atoms with E-state index >= 15 is 0 Å². The van der Waals surface area contributed by atoms with E-state index in [2.05, 4.69) is 13.2 Å². The Morgan fingerprint density at radius 3 is 1.92 bits per heavy atom. The zero-order valence-electron chi connectivity index (χ0n) is 13.7. The van der Waals surface area contributed by atoms with Crippen LogP contribution >= 0.6 is 0 Å². The van der Waals surface area contributed by atoms with Gasteiger partial charge in [0.05, 0.1) is 0 Å². The van der Waals surface area contributed by atoms with Crippen LogP contribution in [0.3, 0.4) is 0 Å². The molecule has 0 aliphatic rings. The SMILES string of the molecule is C=CC(=O)Oc1c2ccccc2c(OC(=O)C=C)c2c(C)cccc12. The molecule has 0 fully saturated rings. The zero-order chi connectivity index (χ0) is 18.0. The van der Waals surface area contributed by atoms with Crippen LogP contribution in [0.5, 0.6) is 11.5 Å². The molecule has 3 aromatic rings. The van der Waals surface area contributed by atoms with Crippen molar-refractivity contribution in [3.8, 4) is 11.5 Å². The second kappa shape index (κ2) is 6.61. The fourth-order valence-corrected chi connectivity index (χ4v) is 2.82. The molecule has 0 amide bonds. The molecule has 124 valence electrons. The molecule has 0 saturated carbocycles. The molecule has 3 aromatic carbocycles. The molecule has 4 nitrogen and oxygen atoms in total. The summed E-state index contributed by atoms with van der Waals surface area (Å²) in [4.78, 5) is 23.7. The van der Waals surface area contributed by atoms with Gasteiger partial charge in [0.25, 0.3) is 0 Å². The van der Waals surface area contributed by atoms with Crippen LogP contribution in [0.15, 0.2) is 67.8 Å². The molecule has 25 heavy (non-hydrogen) atoms. The number of benzene rings is 3. The highest BCUT2D eigenvalue weighted by Gasteiger charge is 2.19. The highest BCUT2D eigenvalue weighted by Crippen LogP contribution is 2.44. The number of esters is 2. The van der Waals surface area contributed by atoms with Crippen LogP contribution in [-0.2, 0) is 9.59 Å². The number of aryl methyl sites for hydroxylation is 1. The molecular formula is C21H16O4. The average molecular weight is 332 g/mol. The molecule has 0 atom stereocenters. The van der Waals surface area contributed by atoms with E-state index < -0.39 is 11.9 Å². The van der Waals surface area contributed by atoms with E-state index in [9.17, 15) is 9.59 Å². The zero-order valence-corrected chi connectivity index (χ0v) is 13.7. The number of carbonyl (C=O) groups is 2. The van der Waals surface area contributed by atoms with E-state index in [1.54, 1.807) is 0 Å². The van der Waals surface area contributed by atoms with Gasteiger partial charge in [0.2, 0.25) is 0 Å². The maximum Gasteiger partial charge on any atom is 0.335 e. The number of carbonyl (C=O) groups excluding carboxylic acids is 2. The van der Waals surface area contributed by atoms with Crippen LogP contribution in [0.4, 0.5) is 0 Å². The van der Waals surface area contributed by atoms with E-state index in [4.69, 9.17) is 9.47 Å². The number of ether oxygens (including phenoxy) is 2. The summed E-state index contributed by atoms with van der Waals surface area (Å²) in [6.07, 6.45) is 2.23. The smallest absolute Gasteiger partial charge is 0.335 e. The van der Waals surface area contributed by atoms with E-state index in [1.165, 1.54) is 0 Å². The van der Waals surface area contributed by atoms with Crippen LogP contribution in [0.25, 0.3) is 21.5 Å². The molecule has 0 aliphatic heterocycles. The summed E-state index contributed by atoms with van der Waals surface area (Å²) in [5, 5.41) is 2.73. The van der Waals surface area contributed by atoms with Gasteiger partial charge in [-0.2, -0.15) is 0 Å². The molecule has 0 aromatic heterocycles. The van der Waals surface area contributed by atoms with Gasteiger partial charge in [0.15, 0.2) is 0 Å². The van der Waals surface area contributed by atoms with Gasteiger partial charge in [0.1, 0.15) is 11.5 Å². The van der Waals surface area contributed by atoms with Crippen molar-refractivity contribution in [1.29, 1.82) is 0 Å². The molecule has 3 rings (SSSR count). The molecule has 0 unspecified atom stereocenters. The largest absolute Gasteiger partial charge is 0.422 e. The topological polar surface area (TPSA) is 52.6 Å². The minimum Gasteiger partial charge on any atom is -0.422 e. The van der Waals surface area contributed by atoms with Crippen molar-refractivity contribution in [1.82, 2.24) is 0 Å². The summed E-state index contributed by atoms with van der Waals surface area (Å²) in [6.45, 7) is 8.80. The summed E-state index contributed by atoms with van der Waals surface area (Å²) in [6, 6.07) is 12.9. The first-order valence-corrected chi connectivity index (χ1v) is 7.69. The predicted molar refractivity (Wildman–Crippen MR) is 97.9 cm³/mol. The lowest BCUT2D eigenvalue weighted by Crippen LogP contribution is -2.07. The van der Waals surface area contributed by atoms with Gasteiger partial charge in [-0.3, -0.25) is 0 Å². The number of fused-ring (bicyclic) bond motifs is 2. The Balaban J connectivity index is 2.47. The van der Waals surface area contributed by atoms with Gasteiger partial charge in [-0.1, -0.05) is 55.6 Å². The Morgan fingerprint density at radius 2 is 1.32 bits per heavy atom. The molecule has 4 heteroatoms. The summed E-state index contributed by atoms with van der Waals surface area (Å²) < 4.78 is 11.1. The molecular weight excluding hydrogens is 316 g/mol. The Bertz CT molecular complexity index is 1030. The van der Waals surface area contributed by atoms with Crippen LogP contribution in [0.2, 0.25) is 0 Å².